The lowest BCUT2D eigenvalue weighted by atomic mass is 10.0. The van der Waals surface area contributed by atoms with E-state index in [0.29, 0.717) is 24.1 Å². The van der Waals surface area contributed by atoms with Crippen LogP contribution >= 0.6 is 12.4 Å². The molecule has 1 amide bonds. The van der Waals surface area contributed by atoms with E-state index in [1.54, 1.807) is 0 Å². The van der Waals surface area contributed by atoms with Crippen LogP contribution in [-0.4, -0.2) is 66.1 Å². The summed E-state index contributed by atoms with van der Waals surface area (Å²) in [6, 6.07) is 8.15. The van der Waals surface area contributed by atoms with Gasteiger partial charge in [-0.2, -0.15) is 0 Å². The Hall–Kier alpha value is -1.63. The molecule has 27 heavy (non-hydrogen) atoms. The van der Waals surface area contributed by atoms with Gasteiger partial charge in [-0.3, -0.25) is 19.4 Å². The molecule has 1 fully saturated rings. The first-order chi connectivity index (χ1) is 12.3. The van der Waals surface area contributed by atoms with Crippen LogP contribution < -0.4 is 5.32 Å². The predicted molar refractivity (Wildman–Crippen MR) is 109 cm³/mol. The molecule has 152 valence electrons. The second-order valence-corrected chi connectivity index (χ2v) is 7.62. The molecule has 7 heteroatoms. The molecular weight excluding hydrogens is 366 g/mol. The first kappa shape index (κ1) is 23.4. The molecule has 2 N–H and O–H groups in total. The number of carbonyl (C=O) groups is 2. The SMILES string of the molecule is CC(C)CNC(=O)c1cccc(CN2CCC(N(C)CC(=O)O)CC2)c1.Cl. The monoisotopic (exact) mass is 397 g/mol. The number of nitrogens with one attached hydrogen (secondary N) is 1. The number of carboxylic acids is 1. The zero-order valence-electron chi connectivity index (χ0n) is 16.5. The Morgan fingerprint density at radius 2 is 1.96 bits per heavy atom. The van der Waals surface area contributed by atoms with Crippen LogP contribution in [0.1, 0.15) is 42.6 Å². The summed E-state index contributed by atoms with van der Waals surface area (Å²) in [7, 11) is 1.88. The number of carboxylic acid groups (broad SMARTS) is 1. The Kier molecular flexibility index (Phi) is 9.77. The summed E-state index contributed by atoms with van der Waals surface area (Å²) in [5.41, 5.74) is 1.85. The first-order valence-corrected chi connectivity index (χ1v) is 9.36. The zero-order valence-corrected chi connectivity index (χ0v) is 17.3. The molecule has 0 saturated carbocycles. The highest BCUT2D eigenvalue weighted by molar-refractivity contribution is 5.94. The molecule has 1 aromatic carbocycles. The van der Waals surface area contributed by atoms with Gasteiger partial charge in [-0.15, -0.1) is 12.4 Å². The number of rotatable bonds is 8. The molecule has 0 unspecified atom stereocenters. The Morgan fingerprint density at radius 1 is 1.30 bits per heavy atom. The second kappa shape index (κ2) is 11.3. The molecule has 1 aliphatic rings. The van der Waals surface area contributed by atoms with Crippen LogP contribution in [0.3, 0.4) is 0 Å². The van der Waals surface area contributed by atoms with E-state index in [-0.39, 0.29) is 24.9 Å². The smallest absolute Gasteiger partial charge is 0.317 e. The van der Waals surface area contributed by atoms with Crippen molar-refractivity contribution in [1.29, 1.82) is 0 Å². The van der Waals surface area contributed by atoms with E-state index in [4.69, 9.17) is 5.11 Å². The van der Waals surface area contributed by atoms with Crippen molar-refractivity contribution in [3.8, 4) is 0 Å². The molecular formula is C20H32ClN3O3. The van der Waals surface area contributed by atoms with Gasteiger partial charge in [-0.25, -0.2) is 0 Å². The number of aliphatic carboxylic acids is 1. The molecule has 1 aliphatic heterocycles. The maximum atomic E-state index is 12.2. The maximum absolute atomic E-state index is 12.2. The summed E-state index contributed by atoms with van der Waals surface area (Å²) >= 11 is 0. The second-order valence-electron chi connectivity index (χ2n) is 7.62. The average molecular weight is 398 g/mol. The lowest BCUT2D eigenvalue weighted by Gasteiger charge is -2.36. The van der Waals surface area contributed by atoms with Crippen LogP contribution in [0.25, 0.3) is 0 Å². The van der Waals surface area contributed by atoms with Gasteiger partial charge in [0.15, 0.2) is 0 Å². The Morgan fingerprint density at radius 3 is 2.56 bits per heavy atom. The number of piperidine rings is 1. The molecule has 1 heterocycles. The summed E-state index contributed by atoms with van der Waals surface area (Å²) < 4.78 is 0. The Bertz CT molecular complexity index is 616. The van der Waals surface area contributed by atoms with Gasteiger partial charge in [0.1, 0.15) is 0 Å². The van der Waals surface area contributed by atoms with Crippen molar-refractivity contribution < 1.29 is 14.7 Å². The van der Waals surface area contributed by atoms with E-state index in [2.05, 4.69) is 30.1 Å². The number of amides is 1. The van der Waals surface area contributed by atoms with E-state index in [9.17, 15) is 9.59 Å². The summed E-state index contributed by atoms with van der Waals surface area (Å²) in [6.45, 7) is 7.64. The van der Waals surface area contributed by atoms with Crippen molar-refractivity contribution in [1.82, 2.24) is 15.1 Å². The molecule has 0 aromatic heterocycles. The first-order valence-electron chi connectivity index (χ1n) is 9.36. The summed E-state index contributed by atoms with van der Waals surface area (Å²) in [5, 5.41) is 11.9. The van der Waals surface area contributed by atoms with Gasteiger partial charge >= 0.3 is 5.97 Å². The Balaban J connectivity index is 0.00000364. The van der Waals surface area contributed by atoms with Crippen molar-refractivity contribution >= 4 is 24.3 Å². The quantitative estimate of drug-likeness (QED) is 0.705. The number of hydrogen-bond acceptors (Lipinski definition) is 4. The minimum atomic E-state index is -0.775. The van der Waals surface area contributed by atoms with Crippen molar-refractivity contribution in [3.63, 3.8) is 0 Å². The molecule has 1 saturated heterocycles. The highest BCUT2D eigenvalue weighted by Gasteiger charge is 2.23. The number of carbonyl (C=O) groups excluding carboxylic acids is 1. The van der Waals surface area contributed by atoms with Crippen LogP contribution in [-0.2, 0) is 11.3 Å². The maximum Gasteiger partial charge on any atom is 0.317 e. The fourth-order valence-electron chi connectivity index (χ4n) is 3.33. The standard InChI is InChI=1S/C20H31N3O3.ClH/c1-15(2)12-21-20(26)17-6-4-5-16(11-17)13-23-9-7-18(8-10-23)22(3)14-19(24)25;/h4-6,11,15,18H,7-10,12-14H2,1-3H3,(H,21,26)(H,24,25);1H. The fraction of sp³-hybridized carbons (Fsp3) is 0.600. The van der Waals surface area contributed by atoms with Crippen molar-refractivity contribution in [2.24, 2.45) is 5.92 Å². The van der Waals surface area contributed by atoms with Gasteiger partial charge in [-0.05, 0) is 56.6 Å². The summed E-state index contributed by atoms with van der Waals surface area (Å²) in [6.07, 6.45) is 1.94. The topological polar surface area (TPSA) is 72.9 Å². The molecule has 0 spiro atoms. The van der Waals surface area contributed by atoms with Crippen LogP contribution in [0.15, 0.2) is 24.3 Å². The van der Waals surface area contributed by atoms with Gasteiger partial charge in [0.25, 0.3) is 5.91 Å². The minimum absolute atomic E-state index is 0. The highest BCUT2D eigenvalue weighted by Crippen LogP contribution is 2.18. The van der Waals surface area contributed by atoms with Crippen molar-refractivity contribution in [2.45, 2.75) is 39.3 Å². The molecule has 0 bridgehead atoms. The normalized spacial score (nSPS) is 15.6. The number of hydrogen-bond donors (Lipinski definition) is 2. The summed E-state index contributed by atoms with van der Waals surface area (Å²) in [5.74, 6) is -0.361. The molecule has 0 aliphatic carbocycles. The van der Waals surface area contributed by atoms with E-state index >= 15 is 0 Å². The molecule has 1 aromatic rings. The van der Waals surface area contributed by atoms with Gasteiger partial charge in [0, 0.05) is 24.7 Å². The van der Waals surface area contributed by atoms with E-state index < -0.39 is 5.97 Å². The third-order valence-electron chi connectivity index (χ3n) is 4.83. The zero-order chi connectivity index (χ0) is 19.1. The summed E-state index contributed by atoms with van der Waals surface area (Å²) in [4.78, 5) is 27.4. The van der Waals surface area contributed by atoms with Crippen molar-refractivity contribution in [3.05, 3.63) is 35.4 Å². The predicted octanol–water partition coefficient (Wildman–Crippen LogP) is 2.48. The van der Waals surface area contributed by atoms with Crippen LogP contribution in [0.5, 0.6) is 0 Å². The number of nitrogens with zero attached hydrogens (tertiary/aromatic N) is 2. The average Bonchev–Trinajstić information content (AvgIpc) is 2.60. The third kappa shape index (κ3) is 7.87. The van der Waals surface area contributed by atoms with E-state index in [1.807, 2.05) is 30.1 Å². The number of likely N-dealkylation sites (N-methyl/N-ethyl adjacent to an activating group) is 1. The lowest BCUT2D eigenvalue weighted by molar-refractivity contribution is -0.138. The van der Waals surface area contributed by atoms with E-state index in [0.717, 1.165) is 38.0 Å². The fourth-order valence-corrected chi connectivity index (χ4v) is 3.33. The largest absolute Gasteiger partial charge is 0.480 e. The van der Waals surface area contributed by atoms with Crippen LogP contribution in [0.2, 0.25) is 0 Å². The number of halogens is 1. The van der Waals surface area contributed by atoms with Crippen molar-refractivity contribution in [2.75, 3.05) is 33.2 Å². The third-order valence-corrected chi connectivity index (χ3v) is 4.83. The van der Waals surface area contributed by atoms with Gasteiger partial charge in [0.05, 0.1) is 6.54 Å². The molecule has 2 rings (SSSR count). The minimum Gasteiger partial charge on any atom is -0.480 e. The molecule has 0 radical (unpaired) electrons. The lowest BCUT2D eigenvalue weighted by Crippen LogP contribution is -2.44. The highest BCUT2D eigenvalue weighted by atomic mass is 35.5. The van der Waals surface area contributed by atoms with Gasteiger partial charge < -0.3 is 10.4 Å². The van der Waals surface area contributed by atoms with Gasteiger partial charge in [0.2, 0.25) is 0 Å². The number of benzene rings is 1. The molecule has 6 nitrogen and oxygen atoms in total. The molecule has 0 atom stereocenters. The van der Waals surface area contributed by atoms with Crippen LogP contribution in [0.4, 0.5) is 0 Å². The van der Waals surface area contributed by atoms with E-state index in [1.165, 1.54) is 0 Å². The number of likely N-dealkylation sites (tertiary alicyclic amines) is 1. The Labute approximate surface area is 168 Å². The van der Waals surface area contributed by atoms with Gasteiger partial charge in [-0.1, -0.05) is 26.0 Å². The van der Waals surface area contributed by atoms with Crippen LogP contribution in [0, 0.1) is 5.92 Å².